The summed E-state index contributed by atoms with van der Waals surface area (Å²) in [5, 5.41) is 3.26. The van der Waals surface area contributed by atoms with Crippen molar-refractivity contribution in [2.75, 3.05) is 33.2 Å². The smallest absolute Gasteiger partial charge is 0.242 e. The Morgan fingerprint density at radius 1 is 1.35 bits per heavy atom. The molecule has 0 aromatic carbocycles. The highest BCUT2D eigenvalue weighted by Gasteiger charge is 2.34. The molecule has 0 aromatic heterocycles. The van der Waals surface area contributed by atoms with Gasteiger partial charge in [0.05, 0.1) is 5.54 Å². The number of piperazine rings is 1. The van der Waals surface area contributed by atoms with Gasteiger partial charge in [0, 0.05) is 25.7 Å². The summed E-state index contributed by atoms with van der Waals surface area (Å²) in [4.78, 5) is 16.8. The van der Waals surface area contributed by atoms with E-state index in [4.69, 9.17) is 0 Å². The standard InChI is InChI=1S/C13H27N3O/c1-6-11-10-16(9-8-15(11)5)12(17)13(3,4)14-7-2/h11,14H,6-10H2,1-5H3. The molecule has 1 atom stereocenters. The van der Waals surface area contributed by atoms with Gasteiger partial charge in [-0.05, 0) is 33.9 Å². The Bertz CT molecular complexity index is 265. The average molecular weight is 241 g/mol. The molecule has 1 amide bonds. The van der Waals surface area contributed by atoms with E-state index in [0.717, 1.165) is 32.6 Å². The molecule has 0 aliphatic carbocycles. The molecule has 0 bridgehead atoms. The summed E-state index contributed by atoms with van der Waals surface area (Å²) in [5.41, 5.74) is -0.442. The van der Waals surface area contributed by atoms with Gasteiger partial charge in [-0.2, -0.15) is 0 Å². The van der Waals surface area contributed by atoms with Crippen LogP contribution in [0.15, 0.2) is 0 Å². The molecule has 0 spiro atoms. The van der Waals surface area contributed by atoms with E-state index in [2.05, 4.69) is 24.2 Å². The Balaban J connectivity index is 2.64. The highest BCUT2D eigenvalue weighted by Crippen LogP contribution is 2.15. The van der Waals surface area contributed by atoms with E-state index in [1.165, 1.54) is 0 Å². The molecule has 4 nitrogen and oxygen atoms in total. The number of carbonyl (C=O) groups is 1. The van der Waals surface area contributed by atoms with Crippen LogP contribution < -0.4 is 5.32 Å². The van der Waals surface area contributed by atoms with E-state index in [1.54, 1.807) is 0 Å². The van der Waals surface area contributed by atoms with Crippen molar-refractivity contribution in [1.29, 1.82) is 0 Å². The predicted octanol–water partition coefficient (Wildman–Crippen LogP) is 0.927. The van der Waals surface area contributed by atoms with Gasteiger partial charge in [0.25, 0.3) is 0 Å². The fraction of sp³-hybridized carbons (Fsp3) is 0.923. The summed E-state index contributed by atoms with van der Waals surface area (Å²) in [6.45, 7) is 11.7. The van der Waals surface area contributed by atoms with Crippen molar-refractivity contribution in [2.24, 2.45) is 0 Å². The molecule has 1 aliphatic heterocycles. The molecule has 1 aliphatic rings. The van der Waals surface area contributed by atoms with Crippen LogP contribution in [-0.2, 0) is 4.79 Å². The molecule has 0 saturated carbocycles. The maximum Gasteiger partial charge on any atom is 0.242 e. The van der Waals surface area contributed by atoms with E-state index < -0.39 is 5.54 Å². The number of hydrogen-bond acceptors (Lipinski definition) is 3. The highest BCUT2D eigenvalue weighted by molar-refractivity contribution is 5.85. The molecular weight excluding hydrogens is 214 g/mol. The lowest BCUT2D eigenvalue weighted by molar-refractivity contribution is -0.139. The van der Waals surface area contributed by atoms with Crippen molar-refractivity contribution >= 4 is 5.91 Å². The first-order valence-electron chi connectivity index (χ1n) is 6.67. The summed E-state index contributed by atoms with van der Waals surface area (Å²) in [6, 6.07) is 0.505. The third-order valence-corrected chi connectivity index (χ3v) is 3.69. The monoisotopic (exact) mass is 241 g/mol. The number of hydrogen-bond donors (Lipinski definition) is 1. The second kappa shape index (κ2) is 5.83. The van der Waals surface area contributed by atoms with E-state index in [-0.39, 0.29) is 5.91 Å². The Hall–Kier alpha value is -0.610. The second-order valence-electron chi connectivity index (χ2n) is 5.45. The summed E-state index contributed by atoms with van der Waals surface area (Å²) < 4.78 is 0. The third-order valence-electron chi connectivity index (χ3n) is 3.69. The largest absolute Gasteiger partial charge is 0.338 e. The summed E-state index contributed by atoms with van der Waals surface area (Å²) in [5.74, 6) is 0.228. The Kier molecular flexibility index (Phi) is 4.95. The summed E-state index contributed by atoms with van der Waals surface area (Å²) >= 11 is 0. The Morgan fingerprint density at radius 3 is 2.53 bits per heavy atom. The minimum absolute atomic E-state index is 0.228. The quantitative estimate of drug-likeness (QED) is 0.795. The molecule has 4 heteroatoms. The van der Waals surface area contributed by atoms with Gasteiger partial charge in [0.2, 0.25) is 5.91 Å². The van der Waals surface area contributed by atoms with Crippen LogP contribution in [0.25, 0.3) is 0 Å². The first kappa shape index (κ1) is 14.5. The zero-order valence-corrected chi connectivity index (χ0v) is 11.9. The first-order chi connectivity index (χ1) is 7.92. The zero-order valence-electron chi connectivity index (χ0n) is 11.9. The molecule has 1 N–H and O–H groups in total. The lowest BCUT2D eigenvalue weighted by Gasteiger charge is -2.42. The maximum absolute atomic E-state index is 12.4. The van der Waals surface area contributed by atoms with Gasteiger partial charge < -0.3 is 10.2 Å². The second-order valence-corrected chi connectivity index (χ2v) is 5.45. The van der Waals surface area contributed by atoms with Crippen molar-refractivity contribution in [1.82, 2.24) is 15.1 Å². The van der Waals surface area contributed by atoms with E-state index in [1.807, 2.05) is 25.7 Å². The topological polar surface area (TPSA) is 35.6 Å². The van der Waals surface area contributed by atoms with E-state index in [0.29, 0.717) is 6.04 Å². The van der Waals surface area contributed by atoms with Crippen LogP contribution in [0.2, 0.25) is 0 Å². The Labute approximate surface area is 105 Å². The number of amides is 1. The fourth-order valence-corrected chi connectivity index (χ4v) is 2.48. The first-order valence-corrected chi connectivity index (χ1v) is 6.67. The minimum Gasteiger partial charge on any atom is -0.338 e. The maximum atomic E-state index is 12.4. The lowest BCUT2D eigenvalue weighted by Crippen LogP contribution is -2.60. The van der Waals surface area contributed by atoms with Crippen LogP contribution in [0.3, 0.4) is 0 Å². The summed E-state index contributed by atoms with van der Waals surface area (Å²) in [6.07, 6.45) is 1.10. The highest BCUT2D eigenvalue weighted by atomic mass is 16.2. The van der Waals surface area contributed by atoms with Crippen LogP contribution in [0, 0.1) is 0 Å². The van der Waals surface area contributed by atoms with Gasteiger partial charge in [-0.3, -0.25) is 9.69 Å². The number of nitrogens with zero attached hydrogens (tertiary/aromatic N) is 2. The fourth-order valence-electron chi connectivity index (χ4n) is 2.48. The van der Waals surface area contributed by atoms with Gasteiger partial charge in [-0.15, -0.1) is 0 Å². The SMILES string of the molecule is CCNC(C)(C)C(=O)N1CCN(C)C(CC)C1. The molecule has 1 saturated heterocycles. The van der Waals surface area contributed by atoms with Gasteiger partial charge in [0.15, 0.2) is 0 Å². The van der Waals surface area contributed by atoms with Crippen LogP contribution >= 0.6 is 0 Å². The van der Waals surface area contributed by atoms with Gasteiger partial charge >= 0.3 is 0 Å². The van der Waals surface area contributed by atoms with Crippen LogP contribution in [0.4, 0.5) is 0 Å². The number of carbonyl (C=O) groups excluding carboxylic acids is 1. The normalized spacial score (nSPS) is 22.9. The summed E-state index contributed by atoms with van der Waals surface area (Å²) in [7, 11) is 2.14. The molecular formula is C13H27N3O. The van der Waals surface area contributed by atoms with Crippen LogP contribution in [-0.4, -0.2) is 60.5 Å². The minimum atomic E-state index is -0.442. The van der Waals surface area contributed by atoms with Gasteiger partial charge in [-0.25, -0.2) is 0 Å². The number of rotatable bonds is 4. The molecule has 0 radical (unpaired) electrons. The van der Waals surface area contributed by atoms with Crippen LogP contribution in [0.1, 0.15) is 34.1 Å². The van der Waals surface area contributed by atoms with Crippen molar-refractivity contribution in [3.8, 4) is 0 Å². The average Bonchev–Trinajstić information content (AvgIpc) is 2.28. The zero-order chi connectivity index (χ0) is 13.1. The molecule has 1 fully saturated rings. The molecule has 1 unspecified atom stereocenters. The molecule has 17 heavy (non-hydrogen) atoms. The van der Waals surface area contributed by atoms with Crippen molar-refractivity contribution < 1.29 is 4.79 Å². The molecule has 0 aromatic rings. The van der Waals surface area contributed by atoms with Gasteiger partial charge in [-0.1, -0.05) is 13.8 Å². The predicted molar refractivity (Wildman–Crippen MR) is 71.0 cm³/mol. The third kappa shape index (κ3) is 3.42. The lowest BCUT2D eigenvalue weighted by atomic mass is 10.0. The molecule has 1 heterocycles. The van der Waals surface area contributed by atoms with Crippen molar-refractivity contribution in [2.45, 2.75) is 45.7 Å². The number of likely N-dealkylation sites (N-methyl/N-ethyl adjacent to an activating group) is 2. The van der Waals surface area contributed by atoms with Gasteiger partial charge in [0.1, 0.15) is 0 Å². The van der Waals surface area contributed by atoms with E-state index in [9.17, 15) is 4.79 Å². The van der Waals surface area contributed by atoms with E-state index >= 15 is 0 Å². The molecule has 100 valence electrons. The van der Waals surface area contributed by atoms with Crippen molar-refractivity contribution in [3.63, 3.8) is 0 Å². The molecule has 1 rings (SSSR count). The Morgan fingerprint density at radius 2 is 2.00 bits per heavy atom. The van der Waals surface area contributed by atoms with Crippen LogP contribution in [0.5, 0.6) is 0 Å². The number of nitrogens with one attached hydrogen (secondary N) is 1. The van der Waals surface area contributed by atoms with Crippen molar-refractivity contribution in [3.05, 3.63) is 0 Å².